The number of carbonyl (C=O) groups is 1. The van der Waals surface area contributed by atoms with Crippen molar-refractivity contribution in [2.75, 3.05) is 13.2 Å². The van der Waals surface area contributed by atoms with Gasteiger partial charge in [-0.2, -0.15) is 0 Å². The van der Waals surface area contributed by atoms with Crippen LogP contribution in [0.2, 0.25) is 0 Å². The lowest BCUT2D eigenvalue weighted by Crippen LogP contribution is -2.58. The first-order valence-corrected chi connectivity index (χ1v) is 13.1. The predicted octanol–water partition coefficient (Wildman–Crippen LogP) is -0.532. The van der Waals surface area contributed by atoms with Gasteiger partial charge >= 0.3 is 5.97 Å². The number of hydrogen-bond donors (Lipinski definition) is 7. The Morgan fingerprint density at radius 3 is 2.37 bits per heavy atom. The number of esters is 1. The van der Waals surface area contributed by atoms with Gasteiger partial charge in [-0.15, -0.1) is 0 Å². The first-order chi connectivity index (χ1) is 20.3. The van der Waals surface area contributed by atoms with E-state index in [1.54, 1.807) is 0 Å². The van der Waals surface area contributed by atoms with Gasteiger partial charge in [0, 0.05) is 24.6 Å². The molecule has 0 aliphatic carbocycles. The van der Waals surface area contributed by atoms with Crippen molar-refractivity contribution in [1.82, 2.24) is 0 Å². The summed E-state index contributed by atoms with van der Waals surface area (Å²) < 4.78 is 32.9. The van der Waals surface area contributed by atoms with E-state index in [2.05, 4.69) is 0 Å². The Bertz CT molecular complexity index is 1550. The van der Waals surface area contributed by atoms with Crippen molar-refractivity contribution in [2.24, 2.45) is 0 Å². The topological polar surface area (TPSA) is 235 Å². The number of hydrogen-bond acceptors (Lipinski definition) is 15. The predicted molar refractivity (Wildman–Crippen MR) is 142 cm³/mol. The SMILES string of the molecule is CC(=O)OC[C@@]1(O)CO[C@@H](Oc2c(-c3ccc(O)cc3)oc3cc(O[C@@H]4O[C@@H](C)[C@H](O)[C@@H](O)[C@H]4O)cc(O)c3c2=O)[C@@H]1O. The molecule has 2 fully saturated rings. The van der Waals surface area contributed by atoms with Crippen LogP contribution in [0.5, 0.6) is 23.0 Å². The normalized spacial score (nSPS) is 30.7. The third kappa shape index (κ3) is 5.83. The van der Waals surface area contributed by atoms with Crippen molar-refractivity contribution < 1.29 is 68.6 Å². The van der Waals surface area contributed by atoms with Crippen LogP contribution >= 0.6 is 0 Å². The Morgan fingerprint density at radius 2 is 1.70 bits per heavy atom. The molecule has 2 aliphatic rings. The highest BCUT2D eigenvalue weighted by molar-refractivity contribution is 5.88. The number of carbonyl (C=O) groups excluding carboxylic acids is 1. The van der Waals surface area contributed by atoms with E-state index in [1.165, 1.54) is 37.3 Å². The molecule has 0 saturated carbocycles. The number of aromatic hydroxyl groups is 2. The fraction of sp³-hybridized carbons (Fsp3) is 0.429. The monoisotopic (exact) mass is 606 g/mol. The van der Waals surface area contributed by atoms with Gasteiger partial charge in [-0.3, -0.25) is 9.59 Å². The van der Waals surface area contributed by atoms with E-state index in [4.69, 9.17) is 28.1 Å². The van der Waals surface area contributed by atoms with Crippen LogP contribution in [0.4, 0.5) is 0 Å². The van der Waals surface area contributed by atoms with Gasteiger partial charge in [0.1, 0.15) is 53.1 Å². The van der Waals surface area contributed by atoms with E-state index in [-0.39, 0.29) is 33.8 Å². The molecule has 0 spiro atoms. The molecule has 1 aromatic heterocycles. The van der Waals surface area contributed by atoms with Crippen LogP contribution in [0.1, 0.15) is 13.8 Å². The fourth-order valence-corrected chi connectivity index (χ4v) is 4.71. The Labute approximate surface area is 242 Å². The lowest BCUT2D eigenvalue weighted by Gasteiger charge is -2.38. The fourth-order valence-electron chi connectivity index (χ4n) is 4.71. The minimum Gasteiger partial charge on any atom is -0.508 e. The molecule has 43 heavy (non-hydrogen) atoms. The molecule has 0 amide bonds. The van der Waals surface area contributed by atoms with Gasteiger partial charge < -0.3 is 63.8 Å². The summed E-state index contributed by atoms with van der Waals surface area (Å²) in [6.07, 6.45) is -10.4. The number of benzene rings is 2. The number of aliphatic hydroxyl groups is 5. The molecule has 232 valence electrons. The first kappa shape index (κ1) is 30.5. The molecule has 0 radical (unpaired) electrons. The van der Waals surface area contributed by atoms with Gasteiger partial charge in [0.15, 0.2) is 17.5 Å². The van der Waals surface area contributed by atoms with E-state index >= 15 is 0 Å². The molecule has 0 bridgehead atoms. The largest absolute Gasteiger partial charge is 0.508 e. The summed E-state index contributed by atoms with van der Waals surface area (Å²) >= 11 is 0. The molecule has 8 atom stereocenters. The maximum atomic E-state index is 13.7. The van der Waals surface area contributed by atoms with E-state index in [0.29, 0.717) is 0 Å². The lowest BCUT2D eigenvalue weighted by molar-refractivity contribution is -0.268. The van der Waals surface area contributed by atoms with Crippen LogP contribution in [0.25, 0.3) is 22.3 Å². The number of ether oxygens (including phenoxy) is 5. The highest BCUT2D eigenvalue weighted by atomic mass is 16.7. The second-order valence-electron chi connectivity index (χ2n) is 10.4. The Balaban J connectivity index is 1.54. The average molecular weight is 607 g/mol. The van der Waals surface area contributed by atoms with Crippen molar-refractivity contribution >= 4 is 16.9 Å². The van der Waals surface area contributed by atoms with Crippen molar-refractivity contribution in [2.45, 2.75) is 62.5 Å². The zero-order chi connectivity index (χ0) is 31.2. The molecule has 15 heteroatoms. The number of fused-ring (bicyclic) bond motifs is 1. The molecular weight excluding hydrogens is 576 g/mol. The third-order valence-corrected chi connectivity index (χ3v) is 7.16. The van der Waals surface area contributed by atoms with Gasteiger partial charge in [-0.1, -0.05) is 0 Å². The summed E-state index contributed by atoms with van der Waals surface area (Å²) in [6, 6.07) is 7.65. The summed E-state index contributed by atoms with van der Waals surface area (Å²) in [7, 11) is 0. The zero-order valence-electron chi connectivity index (χ0n) is 22.8. The van der Waals surface area contributed by atoms with Crippen LogP contribution in [0, 0.1) is 0 Å². The minimum atomic E-state index is -2.05. The second-order valence-corrected chi connectivity index (χ2v) is 10.4. The number of phenolic OH excluding ortho intramolecular Hbond substituents is 2. The summed E-state index contributed by atoms with van der Waals surface area (Å²) in [4.78, 5) is 24.9. The smallest absolute Gasteiger partial charge is 0.302 e. The number of phenols is 2. The summed E-state index contributed by atoms with van der Waals surface area (Å²) in [5.74, 6) is -2.33. The molecule has 3 aromatic rings. The summed E-state index contributed by atoms with van der Waals surface area (Å²) in [5, 5.41) is 72.0. The van der Waals surface area contributed by atoms with Crippen LogP contribution < -0.4 is 14.9 Å². The molecule has 2 aliphatic heterocycles. The molecule has 7 N–H and O–H groups in total. The van der Waals surface area contributed by atoms with Crippen molar-refractivity contribution in [1.29, 1.82) is 0 Å². The molecule has 2 saturated heterocycles. The maximum Gasteiger partial charge on any atom is 0.302 e. The van der Waals surface area contributed by atoms with E-state index in [9.17, 15) is 45.3 Å². The van der Waals surface area contributed by atoms with Gasteiger partial charge in [0.25, 0.3) is 0 Å². The van der Waals surface area contributed by atoms with Gasteiger partial charge in [0.2, 0.25) is 23.8 Å². The number of rotatable bonds is 7. The number of aliphatic hydroxyl groups excluding tert-OH is 4. The average Bonchev–Trinajstić information content (AvgIpc) is 3.24. The third-order valence-electron chi connectivity index (χ3n) is 7.16. The summed E-state index contributed by atoms with van der Waals surface area (Å²) in [6.45, 7) is 1.45. The first-order valence-electron chi connectivity index (χ1n) is 13.1. The van der Waals surface area contributed by atoms with Gasteiger partial charge in [-0.05, 0) is 31.2 Å². The van der Waals surface area contributed by atoms with Crippen molar-refractivity contribution in [3.63, 3.8) is 0 Å². The van der Waals surface area contributed by atoms with Crippen molar-refractivity contribution in [3.05, 3.63) is 46.6 Å². The van der Waals surface area contributed by atoms with Gasteiger partial charge in [-0.25, -0.2) is 0 Å². The van der Waals surface area contributed by atoms with Gasteiger partial charge in [0.05, 0.1) is 12.7 Å². The van der Waals surface area contributed by atoms with Crippen LogP contribution in [0.3, 0.4) is 0 Å². The molecule has 2 aromatic carbocycles. The highest BCUT2D eigenvalue weighted by Gasteiger charge is 2.51. The zero-order valence-corrected chi connectivity index (χ0v) is 22.8. The van der Waals surface area contributed by atoms with Crippen LogP contribution in [-0.4, -0.2) is 104 Å². The quantitative estimate of drug-likeness (QED) is 0.167. The Kier molecular flexibility index (Phi) is 8.24. The molecule has 3 heterocycles. The highest BCUT2D eigenvalue weighted by Crippen LogP contribution is 2.39. The molecule has 5 rings (SSSR count). The minimum absolute atomic E-state index is 0.0969. The molecule has 0 unspecified atom stereocenters. The molecule has 15 nitrogen and oxygen atoms in total. The molecular formula is C28H30O15. The Hall–Kier alpha value is -3.96. The Morgan fingerprint density at radius 1 is 1.00 bits per heavy atom. The maximum absolute atomic E-state index is 13.7. The van der Waals surface area contributed by atoms with E-state index < -0.39 is 84.8 Å². The van der Waals surface area contributed by atoms with Crippen molar-refractivity contribution in [3.8, 4) is 34.3 Å². The summed E-state index contributed by atoms with van der Waals surface area (Å²) in [5.41, 5.74) is -2.96. The van der Waals surface area contributed by atoms with Crippen LogP contribution in [-0.2, 0) is 19.0 Å². The van der Waals surface area contributed by atoms with Crippen LogP contribution in [0.15, 0.2) is 45.6 Å². The van der Waals surface area contributed by atoms with E-state index in [1.807, 2.05) is 0 Å². The lowest BCUT2D eigenvalue weighted by atomic mass is 10.00. The second kappa shape index (κ2) is 11.6. The standard InChI is InChI=1S/C28H30O15/c1-11-19(32)21(34)22(35)26(40-11)41-15-7-16(31)18-17(8-15)42-23(13-3-5-14(30)6-4-13)24(20(18)33)43-27-25(36)28(37,10-39-27)9-38-12(2)29/h3-8,11,19,21-22,25-27,30-32,34-37H,9-10H2,1-2H3/t11-,19-,21+,22+,25-,26-,27-,28+/m0/s1. The van der Waals surface area contributed by atoms with E-state index in [0.717, 1.165) is 13.0 Å².